The molecule has 1 aliphatic heterocycles. The van der Waals surface area contributed by atoms with Gasteiger partial charge in [-0.05, 0) is 48.6 Å². The standard InChI is InChI=1S/C16H16N2O2S/c1-11-7-9-21-15(11)16(20)17-12-4-2-5-13(10-12)18-8-3-6-14(18)19/h2,4-5,7,9-10H,3,6,8H2,1H3,(H,17,20). The Kier molecular flexibility index (Phi) is 3.75. The Bertz CT molecular complexity index is 693. The zero-order chi connectivity index (χ0) is 14.8. The summed E-state index contributed by atoms with van der Waals surface area (Å²) < 4.78 is 0. The molecule has 108 valence electrons. The monoisotopic (exact) mass is 300 g/mol. The highest BCUT2D eigenvalue weighted by Crippen LogP contribution is 2.25. The second-order valence-corrected chi connectivity index (χ2v) is 6.00. The van der Waals surface area contributed by atoms with E-state index in [0.29, 0.717) is 12.1 Å². The van der Waals surface area contributed by atoms with Gasteiger partial charge < -0.3 is 10.2 Å². The fourth-order valence-corrected chi connectivity index (χ4v) is 3.29. The van der Waals surface area contributed by atoms with Crippen LogP contribution in [0.2, 0.25) is 0 Å². The number of carbonyl (C=O) groups is 2. The predicted molar refractivity (Wildman–Crippen MR) is 85.0 cm³/mol. The third kappa shape index (κ3) is 2.83. The van der Waals surface area contributed by atoms with E-state index in [2.05, 4.69) is 5.32 Å². The number of carbonyl (C=O) groups excluding carboxylic acids is 2. The van der Waals surface area contributed by atoms with Gasteiger partial charge in [0.25, 0.3) is 5.91 Å². The molecule has 0 atom stereocenters. The van der Waals surface area contributed by atoms with Crippen LogP contribution in [0.5, 0.6) is 0 Å². The SMILES string of the molecule is Cc1ccsc1C(=O)Nc1cccc(N2CCCC2=O)c1. The van der Waals surface area contributed by atoms with E-state index in [0.717, 1.165) is 29.1 Å². The highest BCUT2D eigenvalue weighted by molar-refractivity contribution is 7.12. The van der Waals surface area contributed by atoms with Crippen LogP contribution >= 0.6 is 11.3 Å². The third-order valence-corrected chi connectivity index (χ3v) is 4.57. The normalized spacial score (nSPS) is 14.5. The van der Waals surface area contributed by atoms with Crippen molar-refractivity contribution in [3.05, 3.63) is 46.2 Å². The Balaban J connectivity index is 1.79. The van der Waals surface area contributed by atoms with Crippen LogP contribution in [0.3, 0.4) is 0 Å². The van der Waals surface area contributed by atoms with Gasteiger partial charge in [0.05, 0.1) is 4.88 Å². The largest absolute Gasteiger partial charge is 0.321 e. The Morgan fingerprint density at radius 3 is 2.86 bits per heavy atom. The van der Waals surface area contributed by atoms with Crippen molar-refractivity contribution in [1.29, 1.82) is 0 Å². The van der Waals surface area contributed by atoms with E-state index in [-0.39, 0.29) is 11.8 Å². The summed E-state index contributed by atoms with van der Waals surface area (Å²) in [6, 6.07) is 9.38. The Morgan fingerprint density at radius 2 is 2.19 bits per heavy atom. The molecule has 21 heavy (non-hydrogen) atoms. The lowest BCUT2D eigenvalue weighted by Gasteiger charge is -2.16. The molecule has 0 spiro atoms. The first-order valence-corrected chi connectivity index (χ1v) is 7.79. The minimum Gasteiger partial charge on any atom is -0.321 e. The molecule has 0 radical (unpaired) electrons. The van der Waals surface area contributed by atoms with Crippen LogP contribution in [0.4, 0.5) is 11.4 Å². The second kappa shape index (κ2) is 5.69. The van der Waals surface area contributed by atoms with Gasteiger partial charge in [0.15, 0.2) is 0 Å². The first-order chi connectivity index (χ1) is 10.1. The van der Waals surface area contributed by atoms with Gasteiger partial charge in [-0.1, -0.05) is 6.07 Å². The summed E-state index contributed by atoms with van der Waals surface area (Å²) in [5.74, 6) is 0.0416. The van der Waals surface area contributed by atoms with Gasteiger partial charge in [-0.3, -0.25) is 9.59 Å². The minimum absolute atomic E-state index is 0.104. The van der Waals surface area contributed by atoms with Crippen LogP contribution < -0.4 is 10.2 Å². The van der Waals surface area contributed by atoms with Crippen LogP contribution in [0.25, 0.3) is 0 Å². The van der Waals surface area contributed by atoms with Crippen molar-refractivity contribution in [2.24, 2.45) is 0 Å². The third-order valence-electron chi connectivity index (χ3n) is 3.56. The van der Waals surface area contributed by atoms with Crippen LogP contribution in [0.15, 0.2) is 35.7 Å². The van der Waals surface area contributed by atoms with Crippen molar-refractivity contribution >= 4 is 34.5 Å². The number of hydrogen-bond donors (Lipinski definition) is 1. The predicted octanol–water partition coefficient (Wildman–Crippen LogP) is 3.44. The molecular weight excluding hydrogens is 284 g/mol. The summed E-state index contributed by atoms with van der Waals surface area (Å²) in [5.41, 5.74) is 2.53. The van der Waals surface area contributed by atoms with Gasteiger partial charge in [-0.25, -0.2) is 0 Å². The summed E-state index contributed by atoms with van der Waals surface area (Å²) in [7, 11) is 0. The van der Waals surface area contributed by atoms with E-state index in [1.807, 2.05) is 42.6 Å². The van der Waals surface area contributed by atoms with Gasteiger partial charge in [0, 0.05) is 24.3 Å². The molecule has 1 aromatic heterocycles. The maximum Gasteiger partial charge on any atom is 0.265 e. The Labute approximate surface area is 127 Å². The molecule has 0 bridgehead atoms. The molecular formula is C16H16N2O2S. The van der Waals surface area contributed by atoms with E-state index >= 15 is 0 Å². The van der Waals surface area contributed by atoms with Crippen molar-refractivity contribution in [3.8, 4) is 0 Å². The number of aryl methyl sites for hydroxylation is 1. The Morgan fingerprint density at radius 1 is 1.33 bits per heavy atom. The number of nitrogens with zero attached hydrogens (tertiary/aromatic N) is 1. The lowest BCUT2D eigenvalue weighted by molar-refractivity contribution is -0.117. The van der Waals surface area contributed by atoms with Crippen molar-refractivity contribution < 1.29 is 9.59 Å². The number of benzene rings is 1. The lowest BCUT2D eigenvalue weighted by atomic mass is 10.2. The van der Waals surface area contributed by atoms with E-state index in [1.54, 1.807) is 4.90 Å². The summed E-state index contributed by atoms with van der Waals surface area (Å²) in [6.07, 6.45) is 1.49. The van der Waals surface area contributed by atoms with Crippen LogP contribution in [-0.2, 0) is 4.79 Å². The zero-order valence-corrected chi connectivity index (χ0v) is 12.6. The summed E-state index contributed by atoms with van der Waals surface area (Å²) >= 11 is 1.43. The van der Waals surface area contributed by atoms with Gasteiger partial charge in [0.2, 0.25) is 5.91 Å². The lowest BCUT2D eigenvalue weighted by Crippen LogP contribution is -2.23. The van der Waals surface area contributed by atoms with Gasteiger partial charge in [-0.2, -0.15) is 0 Å². The number of anilines is 2. The molecule has 2 amide bonds. The fourth-order valence-electron chi connectivity index (χ4n) is 2.47. The number of rotatable bonds is 3. The van der Waals surface area contributed by atoms with E-state index in [9.17, 15) is 9.59 Å². The van der Waals surface area contributed by atoms with Crippen molar-refractivity contribution in [2.45, 2.75) is 19.8 Å². The quantitative estimate of drug-likeness (QED) is 0.944. The molecule has 1 aromatic carbocycles. The molecule has 2 heterocycles. The minimum atomic E-state index is -0.104. The molecule has 5 heteroatoms. The molecule has 1 N–H and O–H groups in total. The summed E-state index contributed by atoms with van der Waals surface area (Å²) in [5, 5.41) is 4.80. The molecule has 4 nitrogen and oxygen atoms in total. The summed E-state index contributed by atoms with van der Waals surface area (Å²) in [4.78, 5) is 26.5. The highest BCUT2D eigenvalue weighted by Gasteiger charge is 2.22. The second-order valence-electron chi connectivity index (χ2n) is 5.09. The highest BCUT2D eigenvalue weighted by atomic mass is 32.1. The van der Waals surface area contributed by atoms with Crippen LogP contribution in [-0.4, -0.2) is 18.4 Å². The van der Waals surface area contributed by atoms with E-state index < -0.39 is 0 Å². The fraction of sp³-hybridized carbons (Fsp3) is 0.250. The molecule has 0 saturated carbocycles. The van der Waals surface area contributed by atoms with Gasteiger partial charge in [-0.15, -0.1) is 11.3 Å². The van der Waals surface area contributed by atoms with Crippen LogP contribution in [0.1, 0.15) is 28.1 Å². The molecule has 0 unspecified atom stereocenters. The topological polar surface area (TPSA) is 49.4 Å². The Hall–Kier alpha value is -2.14. The average molecular weight is 300 g/mol. The maximum absolute atomic E-state index is 12.2. The van der Waals surface area contributed by atoms with E-state index in [1.165, 1.54) is 11.3 Å². The molecule has 0 aliphatic carbocycles. The first kappa shape index (κ1) is 13.8. The average Bonchev–Trinajstić information content (AvgIpc) is 3.07. The maximum atomic E-state index is 12.2. The smallest absolute Gasteiger partial charge is 0.265 e. The van der Waals surface area contributed by atoms with Gasteiger partial charge >= 0.3 is 0 Å². The number of thiophene rings is 1. The molecule has 1 fully saturated rings. The molecule has 1 saturated heterocycles. The zero-order valence-electron chi connectivity index (χ0n) is 11.8. The van der Waals surface area contributed by atoms with E-state index in [4.69, 9.17) is 0 Å². The summed E-state index contributed by atoms with van der Waals surface area (Å²) in [6.45, 7) is 2.67. The number of amides is 2. The van der Waals surface area contributed by atoms with Crippen molar-refractivity contribution in [2.75, 3.05) is 16.8 Å². The van der Waals surface area contributed by atoms with Crippen molar-refractivity contribution in [3.63, 3.8) is 0 Å². The number of hydrogen-bond acceptors (Lipinski definition) is 3. The number of nitrogens with one attached hydrogen (secondary N) is 1. The molecule has 1 aliphatic rings. The van der Waals surface area contributed by atoms with Gasteiger partial charge in [0.1, 0.15) is 0 Å². The molecule has 3 rings (SSSR count). The van der Waals surface area contributed by atoms with Crippen molar-refractivity contribution in [1.82, 2.24) is 0 Å². The molecule has 2 aromatic rings. The first-order valence-electron chi connectivity index (χ1n) is 6.91. The van der Waals surface area contributed by atoms with Crippen LogP contribution in [0, 0.1) is 6.92 Å².